The van der Waals surface area contributed by atoms with Gasteiger partial charge in [0.2, 0.25) is 5.95 Å². The van der Waals surface area contributed by atoms with Gasteiger partial charge < -0.3 is 10.0 Å². The van der Waals surface area contributed by atoms with Crippen LogP contribution < -0.4 is 0 Å². The van der Waals surface area contributed by atoms with E-state index in [-0.39, 0.29) is 17.0 Å². The second-order valence-electron chi connectivity index (χ2n) is 3.03. The van der Waals surface area contributed by atoms with Crippen molar-refractivity contribution in [1.29, 1.82) is 0 Å². The number of halogens is 1. The molecule has 5 heteroatoms. The van der Waals surface area contributed by atoms with Crippen molar-refractivity contribution < 1.29 is 14.3 Å². The molecular weight excluding hydrogens is 187 g/mol. The van der Waals surface area contributed by atoms with Crippen molar-refractivity contribution in [3.63, 3.8) is 0 Å². The van der Waals surface area contributed by atoms with Crippen LogP contribution >= 0.6 is 0 Å². The molecular formula is C9H9FN2O2. The van der Waals surface area contributed by atoms with Crippen LogP contribution in [-0.2, 0) is 0 Å². The number of nitrogens with zero attached hydrogens (tertiary/aromatic N) is 2. The van der Waals surface area contributed by atoms with Crippen molar-refractivity contribution >= 4 is 5.91 Å². The van der Waals surface area contributed by atoms with E-state index in [1.54, 1.807) is 6.92 Å². The summed E-state index contributed by atoms with van der Waals surface area (Å²) in [6.07, 6.45) is 0.0222. The fourth-order valence-corrected chi connectivity index (χ4v) is 1.62. The number of hydrogen-bond acceptors (Lipinski definition) is 3. The third-order valence-electron chi connectivity index (χ3n) is 2.33. The van der Waals surface area contributed by atoms with Gasteiger partial charge in [0, 0.05) is 12.7 Å². The number of rotatable bonds is 1. The van der Waals surface area contributed by atoms with Gasteiger partial charge in [-0.25, -0.2) is 4.98 Å². The van der Waals surface area contributed by atoms with Crippen molar-refractivity contribution in [3.8, 4) is 0 Å². The van der Waals surface area contributed by atoms with Crippen LogP contribution in [0.15, 0.2) is 12.3 Å². The normalized spacial score (nSPS) is 20.1. The highest BCUT2D eigenvalue weighted by atomic mass is 19.1. The van der Waals surface area contributed by atoms with Gasteiger partial charge in [0.15, 0.2) is 6.23 Å². The summed E-state index contributed by atoms with van der Waals surface area (Å²) in [6.45, 7) is 2.06. The van der Waals surface area contributed by atoms with Crippen molar-refractivity contribution in [1.82, 2.24) is 9.88 Å². The standard InChI is InChI=1S/C9H9FN2O2/c1-2-12-8(13)5-3-4-11-7(10)6(5)9(12)14/h3-4,9,14H,2H2,1H3. The molecule has 74 valence electrons. The number of pyridine rings is 1. The largest absolute Gasteiger partial charge is 0.369 e. The molecule has 0 saturated heterocycles. The van der Waals surface area contributed by atoms with Crippen molar-refractivity contribution in [2.75, 3.05) is 6.54 Å². The van der Waals surface area contributed by atoms with E-state index in [0.717, 1.165) is 0 Å². The number of aliphatic hydroxyl groups excluding tert-OH is 1. The molecule has 0 radical (unpaired) electrons. The van der Waals surface area contributed by atoms with Crippen LogP contribution in [0.5, 0.6) is 0 Å². The Balaban J connectivity index is 2.58. The van der Waals surface area contributed by atoms with Crippen LogP contribution in [0.1, 0.15) is 29.1 Å². The molecule has 0 spiro atoms. The molecule has 0 bridgehead atoms. The van der Waals surface area contributed by atoms with Crippen LogP contribution in [-0.4, -0.2) is 27.4 Å². The molecule has 1 amide bonds. The zero-order valence-electron chi connectivity index (χ0n) is 7.57. The Kier molecular flexibility index (Phi) is 1.96. The van der Waals surface area contributed by atoms with Crippen LogP contribution in [0.4, 0.5) is 4.39 Å². The molecule has 14 heavy (non-hydrogen) atoms. The summed E-state index contributed by atoms with van der Waals surface area (Å²) in [4.78, 5) is 16.2. The molecule has 0 aliphatic carbocycles. The first-order valence-electron chi connectivity index (χ1n) is 4.30. The van der Waals surface area contributed by atoms with Crippen LogP contribution in [0, 0.1) is 5.95 Å². The molecule has 1 aliphatic heterocycles. The number of aliphatic hydroxyl groups is 1. The number of aromatic nitrogens is 1. The summed E-state index contributed by atoms with van der Waals surface area (Å²) in [5, 5.41) is 9.62. The van der Waals surface area contributed by atoms with E-state index in [2.05, 4.69) is 4.98 Å². The average molecular weight is 196 g/mol. The van der Waals surface area contributed by atoms with Gasteiger partial charge >= 0.3 is 0 Å². The Hall–Kier alpha value is -1.49. The van der Waals surface area contributed by atoms with Crippen LogP contribution in [0.3, 0.4) is 0 Å². The van der Waals surface area contributed by atoms with Crippen LogP contribution in [0.2, 0.25) is 0 Å². The zero-order valence-corrected chi connectivity index (χ0v) is 7.57. The maximum Gasteiger partial charge on any atom is 0.256 e. The Morgan fingerprint density at radius 2 is 2.43 bits per heavy atom. The lowest BCUT2D eigenvalue weighted by molar-refractivity contribution is 0.0187. The maximum absolute atomic E-state index is 13.2. The quantitative estimate of drug-likeness (QED) is 0.672. The topological polar surface area (TPSA) is 53.4 Å². The summed E-state index contributed by atoms with van der Waals surface area (Å²) >= 11 is 0. The van der Waals surface area contributed by atoms with E-state index in [1.165, 1.54) is 17.2 Å². The van der Waals surface area contributed by atoms with Gasteiger partial charge in [0.1, 0.15) is 0 Å². The minimum atomic E-state index is -1.20. The molecule has 2 heterocycles. The molecule has 1 unspecified atom stereocenters. The lowest BCUT2D eigenvalue weighted by Crippen LogP contribution is -2.27. The monoisotopic (exact) mass is 196 g/mol. The van der Waals surface area contributed by atoms with Gasteiger partial charge in [-0.05, 0) is 13.0 Å². The fraction of sp³-hybridized carbons (Fsp3) is 0.333. The average Bonchev–Trinajstić information content (AvgIpc) is 2.41. The highest BCUT2D eigenvalue weighted by molar-refractivity contribution is 5.98. The predicted octanol–water partition coefficient (Wildman–Crippen LogP) is 0.687. The first-order chi connectivity index (χ1) is 6.66. The Morgan fingerprint density at radius 3 is 3.00 bits per heavy atom. The lowest BCUT2D eigenvalue weighted by atomic mass is 10.2. The number of hydrogen-bond donors (Lipinski definition) is 1. The number of amides is 1. The molecule has 2 rings (SSSR count). The first kappa shape index (κ1) is 9.08. The minimum Gasteiger partial charge on any atom is -0.369 e. The Bertz CT molecular complexity index is 394. The van der Waals surface area contributed by atoms with E-state index in [9.17, 15) is 14.3 Å². The first-order valence-corrected chi connectivity index (χ1v) is 4.30. The van der Waals surface area contributed by atoms with Gasteiger partial charge in [-0.3, -0.25) is 4.79 Å². The summed E-state index contributed by atoms with van der Waals surface area (Å²) in [5.74, 6) is -1.13. The Morgan fingerprint density at radius 1 is 1.71 bits per heavy atom. The molecule has 1 N–H and O–H groups in total. The molecule has 1 aliphatic rings. The molecule has 1 atom stereocenters. The van der Waals surface area contributed by atoms with Gasteiger partial charge in [0.05, 0.1) is 11.1 Å². The van der Waals surface area contributed by atoms with E-state index in [4.69, 9.17) is 0 Å². The van der Waals surface area contributed by atoms with Crippen LogP contribution in [0.25, 0.3) is 0 Å². The molecule has 0 aromatic carbocycles. The third kappa shape index (κ3) is 1.02. The second-order valence-corrected chi connectivity index (χ2v) is 3.03. The molecule has 1 aromatic rings. The summed E-state index contributed by atoms with van der Waals surface area (Å²) in [6, 6.07) is 1.42. The summed E-state index contributed by atoms with van der Waals surface area (Å²) in [5.41, 5.74) is 0.186. The molecule has 4 nitrogen and oxygen atoms in total. The van der Waals surface area contributed by atoms with E-state index in [0.29, 0.717) is 6.54 Å². The van der Waals surface area contributed by atoms with Crippen molar-refractivity contribution in [2.45, 2.75) is 13.2 Å². The third-order valence-corrected chi connectivity index (χ3v) is 2.33. The van der Waals surface area contributed by atoms with E-state index >= 15 is 0 Å². The fourth-order valence-electron chi connectivity index (χ4n) is 1.62. The van der Waals surface area contributed by atoms with E-state index < -0.39 is 12.2 Å². The minimum absolute atomic E-state index is 0.0145. The smallest absolute Gasteiger partial charge is 0.256 e. The number of carbonyl (C=O) groups excluding carboxylic acids is 1. The second kappa shape index (κ2) is 3.02. The van der Waals surface area contributed by atoms with Crippen molar-refractivity contribution in [2.24, 2.45) is 0 Å². The number of carbonyl (C=O) groups is 1. The number of fused-ring (bicyclic) bond motifs is 1. The van der Waals surface area contributed by atoms with Gasteiger partial charge in [0.25, 0.3) is 5.91 Å². The highest BCUT2D eigenvalue weighted by Crippen LogP contribution is 2.31. The zero-order chi connectivity index (χ0) is 10.3. The van der Waals surface area contributed by atoms with Gasteiger partial charge in [-0.2, -0.15) is 4.39 Å². The maximum atomic E-state index is 13.2. The summed E-state index contributed by atoms with van der Waals surface area (Å²) in [7, 11) is 0. The van der Waals surface area contributed by atoms with E-state index in [1.807, 2.05) is 0 Å². The Labute approximate surface area is 80.0 Å². The van der Waals surface area contributed by atoms with Gasteiger partial charge in [-0.1, -0.05) is 0 Å². The lowest BCUT2D eigenvalue weighted by Gasteiger charge is -2.17. The molecule has 1 aromatic heterocycles. The molecule has 0 fully saturated rings. The predicted molar refractivity (Wildman–Crippen MR) is 45.9 cm³/mol. The SMILES string of the molecule is CCN1C(=O)c2ccnc(F)c2C1O. The van der Waals surface area contributed by atoms with Gasteiger partial charge in [-0.15, -0.1) is 0 Å². The molecule has 0 saturated carbocycles. The highest BCUT2D eigenvalue weighted by Gasteiger charge is 2.37. The van der Waals surface area contributed by atoms with Crippen molar-refractivity contribution in [3.05, 3.63) is 29.3 Å². The summed E-state index contributed by atoms with van der Waals surface area (Å²) < 4.78 is 13.2.